The predicted octanol–water partition coefficient (Wildman–Crippen LogP) is 3.17. The number of aromatic nitrogens is 5. The fraction of sp³-hybridized carbons (Fsp3) is 0.308. The van der Waals surface area contributed by atoms with Crippen molar-refractivity contribution in [3.05, 3.63) is 41.2 Å². The van der Waals surface area contributed by atoms with Crippen molar-refractivity contribution in [2.75, 3.05) is 0 Å². The van der Waals surface area contributed by atoms with Crippen molar-refractivity contribution in [2.24, 2.45) is 7.05 Å². The molecule has 0 spiro atoms. The summed E-state index contributed by atoms with van der Waals surface area (Å²) in [6.07, 6.45) is 1.67. The van der Waals surface area contributed by atoms with Gasteiger partial charge in [0, 0.05) is 7.05 Å². The monoisotopic (exact) mass is 309 g/mol. The predicted molar refractivity (Wildman–Crippen MR) is 79.1 cm³/mol. The molecule has 0 radical (unpaired) electrons. The molecule has 7 heteroatoms. The minimum Gasteiger partial charge on any atom is -0.319 e. The standard InChI is InChI=1S/C13H13Cl2N5/c1-8(13-18-16-7-19(13)2)20-11(6-14)17-10-5-3-4-9(15)12(10)20/h3-5,7-8H,6H2,1-2H3. The van der Waals surface area contributed by atoms with Gasteiger partial charge in [-0.15, -0.1) is 21.8 Å². The molecular weight excluding hydrogens is 297 g/mol. The Balaban J connectivity index is 2.27. The molecule has 5 nitrogen and oxygen atoms in total. The van der Waals surface area contributed by atoms with Gasteiger partial charge in [-0.25, -0.2) is 4.98 Å². The van der Waals surface area contributed by atoms with E-state index in [9.17, 15) is 0 Å². The van der Waals surface area contributed by atoms with Gasteiger partial charge in [-0.2, -0.15) is 0 Å². The Morgan fingerprint density at radius 2 is 2.15 bits per heavy atom. The lowest BCUT2D eigenvalue weighted by atomic mass is 10.2. The first kappa shape index (κ1) is 13.4. The minimum absolute atomic E-state index is 0.0545. The maximum Gasteiger partial charge on any atom is 0.155 e. The first-order valence-corrected chi connectivity index (χ1v) is 7.10. The van der Waals surface area contributed by atoms with E-state index in [-0.39, 0.29) is 6.04 Å². The van der Waals surface area contributed by atoms with E-state index in [1.54, 1.807) is 6.33 Å². The number of nitrogens with zero attached hydrogens (tertiary/aromatic N) is 5. The van der Waals surface area contributed by atoms with Crippen LogP contribution in [0.4, 0.5) is 0 Å². The SMILES string of the molecule is CC(c1nncn1C)n1c(CCl)nc2cccc(Cl)c21. The van der Waals surface area contributed by atoms with Crippen LogP contribution in [-0.2, 0) is 12.9 Å². The highest BCUT2D eigenvalue weighted by Crippen LogP contribution is 2.30. The molecule has 1 atom stereocenters. The van der Waals surface area contributed by atoms with E-state index in [4.69, 9.17) is 23.2 Å². The Labute approximate surface area is 126 Å². The van der Waals surface area contributed by atoms with Gasteiger partial charge in [0.1, 0.15) is 12.2 Å². The number of fused-ring (bicyclic) bond motifs is 1. The second kappa shape index (κ2) is 5.07. The van der Waals surface area contributed by atoms with Gasteiger partial charge < -0.3 is 9.13 Å². The molecule has 20 heavy (non-hydrogen) atoms. The Kier molecular flexibility index (Phi) is 3.40. The largest absolute Gasteiger partial charge is 0.319 e. The Hall–Kier alpha value is -1.59. The van der Waals surface area contributed by atoms with Crippen molar-refractivity contribution in [2.45, 2.75) is 18.8 Å². The van der Waals surface area contributed by atoms with E-state index in [0.717, 1.165) is 22.7 Å². The molecule has 0 aliphatic carbocycles. The number of benzene rings is 1. The van der Waals surface area contributed by atoms with E-state index in [2.05, 4.69) is 15.2 Å². The number of rotatable bonds is 3. The van der Waals surface area contributed by atoms with Gasteiger partial charge in [-0.3, -0.25) is 0 Å². The maximum absolute atomic E-state index is 6.33. The van der Waals surface area contributed by atoms with Crippen molar-refractivity contribution in [1.29, 1.82) is 0 Å². The highest BCUT2D eigenvalue weighted by atomic mass is 35.5. The molecule has 2 heterocycles. The van der Waals surface area contributed by atoms with E-state index in [0.29, 0.717) is 10.9 Å². The van der Waals surface area contributed by atoms with E-state index < -0.39 is 0 Å². The third-order valence-corrected chi connectivity index (χ3v) is 3.90. The number of alkyl halides is 1. The maximum atomic E-state index is 6.33. The summed E-state index contributed by atoms with van der Waals surface area (Å²) in [5, 5.41) is 8.74. The molecular formula is C13H13Cl2N5. The molecule has 0 bridgehead atoms. The van der Waals surface area contributed by atoms with Gasteiger partial charge in [0.15, 0.2) is 5.82 Å². The minimum atomic E-state index is -0.0545. The van der Waals surface area contributed by atoms with Gasteiger partial charge in [-0.05, 0) is 19.1 Å². The average Bonchev–Trinajstić information content (AvgIpc) is 3.02. The molecule has 0 saturated carbocycles. The van der Waals surface area contributed by atoms with Crippen LogP contribution in [-0.4, -0.2) is 24.3 Å². The quantitative estimate of drug-likeness (QED) is 0.698. The molecule has 0 aliphatic heterocycles. The number of halogens is 2. The second-order valence-electron chi connectivity index (χ2n) is 4.62. The zero-order valence-electron chi connectivity index (χ0n) is 11.1. The second-order valence-corrected chi connectivity index (χ2v) is 5.29. The summed E-state index contributed by atoms with van der Waals surface area (Å²) in [5.41, 5.74) is 1.71. The molecule has 0 amide bonds. The van der Waals surface area contributed by atoms with Crippen LogP contribution in [0.3, 0.4) is 0 Å². The Bertz CT molecular complexity index is 761. The molecule has 0 saturated heterocycles. The van der Waals surface area contributed by atoms with Crippen LogP contribution in [0.1, 0.15) is 24.6 Å². The fourth-order valence-corrected chi connectivity index (χ4v) is 2.90. The average molecular weight is 310 g/mol. The molecule has 104 valence electrons. The Morgan fingerprint density at radius 3 is 2.80 bits per heavy atom. The topological polar surface area (TPSA) is 48.5 Å². The van der Waals surface area contributed by atoms with Crippen LogP contribution in [0.25, 0.3) is 11.0 Å². The molecule has 0 N–H and O–H groups in total. The highest BCUT2D eigenvalue weighted by molar-refractivity contribution is 6.35. The Morgan fingerprint density at radius 1 is 1.35 bits per heavy atom. The van der Waals surface area contributed by atoms with Gasteiger partial charge in [0.05, 0.1) is 28.0 Å². The van der Waals surface area contributed by atoms with Crippen LogP contribution < -0.4 is 0 Å². The summed E-state index contributed by atoms with van der Waals surface area (Å²) >= 11 is 12.4. The summed E-state index contributed by atoms with van der Waals surface area (Å²) < 4.78 is 3.90. The molecule has 1 aromatic carbocycles. The summed E-state index contributed by atoms with van der Waals surface area (Å²) in [6, 6.07) is 5.61. The summed E-state index contributed by atoms with van der Waals surface area (Å²) in [6.45, 7) is 2.03. The highest BCUT2D eigenvalue weighted by Gasteiger charge is 2.21. The van der Waals surface area contributed by atoms with Gasteiger partial charge in [-0.1, -0.05) is 17.7 Å². The van der Waals surface area contributed by atoms with E-state index in [1.165, 1.54) is 0 Å². The van der Waals surface area contributed by atoms with Crippen LogP contribution in [0.15, 0.2) is 24.5 Å². The lowest BCUT2D eigenvalue weighted by molar-refractivity contribution is 0.572. The number of aryl methyl sites for hydroxylation is 1. The first-order chi connectivity index (χ1) is 9.63. The van der Waals surface area contributed by atoms with Crippen LogP contribution in [0, 0.1) is 0 Å². The van der Waals surface area contributed by atoms with Crippen molar-refractivity contribution in [3.63, 3.8) is 0 Å². The van der Waals surface area contributed by atoms with Crippen molar-refractivity contribution >= 4 is 34.2 Å². The number of para-hydroxylation sites is 1. The smallest absolute Gasteiger partial charge is 0.155 e. The fourth-order valence-electron chi connectivity index (χ4n) is 2.45. The molecule has 0 aliphatic rings. The lowest BCUT2D eigenvalue weighted by Crippen LogP contribution is -2.14. The summed E-state index contributed by atoms with van der Waals surface area (Å²) in [4.78, 5) is 4.54. The lowest BCUT2D eigenvalue weighted by Gasteiger charge is -2.16. The zero-order valence-corrected chi connectivity index (χ0v) is 12.6. The van der Waals surface area contributed by atoms with Gasteiger partial charge >= 0.3 is 0 Å². The van der Waals surface area contributed by atoms with Crippen molar-refractivity contribution in [3.8, 4) is 0 Å². The van der Waals surface area contributed by atoms with Crippen LogP contribution in [0.5, 0.6) is 0 Å². The van der Waals surface area contributed by atoms with Crippen LogP contribution >= 0.6 is 23.2 Å². The summed E-state index contributed by atoms with van der Waals surface area (Å²) in [5.74, 6) is 1.91. The molecule has 2 aromatic heterocycles. The van der Waals surface area contributed by atoms with E-state index >= 15 is 0 Å². The third kappa shape index (κ3) is 1.98. The molecule has 0 fully saturated rings. The summed E-state index contributed by atoms with van der Waals surface area (Å²) in [7, 11) is 1.91. The first-order valence-electron chi connectivity index (χ1n) is 6.18. The molecule has 1 unspecified atom stereocenters. The number of hydrogen-bond donors (Lipinski definition) is 0. The van der Waals surface area contributed by atoms with Crippen molar-refractivity contribution < 1.29 is 0 Å². The number of hydrogen-bond acceptors (Lipinski definition) is 3. The molecule has 3 aromatic rings. The zero-order chi connectivity index (χ0) is 14.3. The number of imidazole rings is 1. The van der Waals surface area contributed by atoms with Gasteiger partial charge in [0.25, 0.3) is 0 Å². The van der Waals surface area contributed by atoms with Gasteiger partial charge in [0.2, 0.25) is 0 Å². The van der Waals surface area contributed by atoms with Crippen LogP contribution in [0.2, 0.25) is 5.02 Å². The van der Waals surface area contributed by atoms with Crippen molar-refractivity contribution in [1.82, 2.24) is 24.3 Å². The molecule has 3 rings (SSSR count). The normalized spacial score (nSPS) is 13.0. The van der Waals surface area contributed by atoms with E-state index in [1.807, 2.05) is 41.3 Å². The third-order valence-electron chi connectivity index (χ3n) is 3.36.